The molecule has 0 saturated carbocycles. The van der Waals surface area contributed by atoms with Crippen LogP contribution in [-0.4, -0.2) is 25.2 Å². The van der Waals surface area contributed by atoms with Gasteiger partial charge in [-0.2, -0.15) is 0 Å². The highest BCUT2D eigenvalue weighted by molar-refractivity contribution is 5.54. The first-order valence-corrected chi connectivity index (χ1v) is 8.40. The van der Waals surface area contributed by atoms with E-state index in [9.17, 15) is 5.11 Å². The molecule has 0 amide bonds. The van der Waals surface area contributed by atoms with Gasteiger partial charge in [0, 0.05) is 36.4 Å². The number of phenolic OH excluding ortho intramolecular Hbond substituents is 1. The quantitative estimate of drug-likeness (QED) is 0.857. The van der Waals surface area contributed by atoms with E-state index >= 15 is 0 Å². The molecular formula is C18H30N2O. The predicted octanol–water partition coefficient (Wildman–Crippen LogP) is 4.08. The van der Waals surface area contributed by atoms with Gasteiger partial charge in [0.15, 0.2) is 0 Å². The van der Waals surface area contributed by atoms with Crippen LogP contribution in [0, 0.1) is 5.92 Å². The Hall–Kier alpha value is -1.22. The SMILES string of the molecule is CCCC1CCCN(c2ccc(C(C)NC)c(O)c2)CC1. The topological polar surface area (TPSA) is 35.5 Å². The fourth-order valence-corrected chi connectivity index (χ4v) is 3.37. The number of hydrogen-bond donors (Lipinski definition) is 2. The maximum absolute atomic E-state index is 10.3. The molecule has 1 aromatic rings. The van der Waals surface area contributed by atoms with Gasteiger partial charge in [-0.25, -0.2) is 0 Å². The van der Waals surface area contributed by atoms with Crippen LogP contribution in [0.15, 0.2) is 18.2 Å². The molecule has 1 heterocycles. The standard InChI is InChI=1S/C18H30N2O/c1-4-6-15-7-5-11-20(12-10-15)16-8-9-17(14(2)19-3)18(21)13-16/h8-9,13-15,19,21H,4-7,10-12H2,1-3H3. The average molecular weight is 290 g/mol. The van der Waals surface area contributed by atoms with Crippen LogP contribution >= 0.6 is 0 Å². The number of hydrogen-bond acceptors (Lipinski definition) is 3. The van der Waals surface area contributed by atoms with Crippen LogP contribution in [0.25, 0.3) is 0 Å². The van der Waals surface area contributed by atoms with Crippen LogP contribution < -0.4 is 10.2 Å². The second-order valence-corrected chi connectivity index (χ2v) is 6.33. The van der Waals surface area contributed by atoms with Crippen molar-refractivity contribution in [1.82, 2.24) is 5.32 Å². The highest BCUT2D eigenvalue weighted by atomic mass is 16.3. The van der Waals surface area contributed by atoms with Gasteiger partial charge in [-0.15, -0.1) is 0 Å². The number of phenols is 1. The Morgan fingerprint density at radius 1 is 1.33 bits per heavy atom. The van der Waals surface area contributed by atoms with Crippen molar-refractivity contribution in [2.24, 2.45) is 5.92 Å². The van der Waals surface area contributed by atoms with Crippen LogP contribution in [0.4, 0.5) is 5.69 Å². The summed E-state index contributed by atoms with van der Waals surface area (Å²) in [5.74, 6) is 1.29. The van der Waals surface area contributed by atoms with Gasteiger partial charge in [0.1, 0.15) is 5.75 Å². The number of aromatic hydroxyl groups is 1. The van der Waals surface area contributed by atoms with Crippen LogP contribution in [0.1, 0.15) is 57.6 Å². The van der Waals surface area contributed by atoms with Gasteiger partial charge in [0.2, 0.25) is 0 Å². The van der Waals surface area contributed by atoms with E-state index in [4.69, 9.17) is 0 Å². The maximum Gasteiger partial charge on any atom is 0.122 e. The first-order chi connectivity index (χ1) is 10.2. The smallest absolute Gasteiger partial charge is 0.122 e. The minimum absolute atomic E-state index is 0.178. The number of nitrogens with one attached hydrogen (secondary N) is 1. The third-order valence-electron chi connectivity index (χ3n) is 4.82. The van der Waals surface area contributed by atoms with Gasteiger partial charge in [-0.05, 0) is 45.2 Å². The Balaban J connectivity index is 2.06. The Kier molecular flexibility index (Phi) is 5.92. The predicted molar refractivity (Wildman–Crippen MR) is 90.0 cm³/mol. The highest BCUT2D eigenvalue weighted by Gasteiger charge is 2.18. The zero-order valence-electron chi connectivity index (χ0n) is 13.7. The van der Waals surface area contributed by atoms with E-state index in [1.807, 2.05) is 13.1 Å². The summed E-state index contributed by atoms with van der Waals surface area (Å²) in [6.45, 7) is 6.57. The van der Waals surface area contributed by atoms with Crippen molar-refractivity contribution >= 4 is 5.69 Å². The van der Waals surface area contributed by atoms with E-state index in [1.165, 1.54) is 32.1 Å². The molecule has 0 spiro atoms. The molecule has 3 nitrogen and oxygen atoms in total. The minimum Gasteiger partial charge on any atom is -0.508 e. The summed E-state index contributed by atoms with van der Waals surface area (Å²) in [5, 5.41) is 13.4. The van der Waals surface area contributed by atoms with E-state index in [0.29, 0.717) is 5.75 Å². The van der Waals surface area contributed by atoms with Gasteiger partial charge < -0.3 is 15.3 Å². The number of rotatable bonds is 5. The molecule has 21 heavy (non-hydrogen) atoms. The van der Waals surface area contributed by atoms with E-state index in [1.54, 1.807) is 0 Å². The zero-order valence-corrected chi connectivity index (χ0v) is 13.7. The molecule has 0 aliphatic carbocycles. The molecule has 0 radical (unpaired) electrons. The molecule has 118 valence electrons. The lowest BCUT2D eigenvalue weighted by atomic mass is 9.96. The molecule has 1 aromatic carbocycles. The molecule has 1 fully saturated rings. The minimum atomic E-state index is 0.178. The first-order valence-electron chi connectivity index (χ1n) is 8.40. The van der Waals surface area contributed by atoms with E-state index in [2.05, 4.69) is 36.2 Å². The Morgan fingerprint density at radius 2 is 2.14 bits per heavy atom. The van der Waals surface area contributed by atoms with Crippen molar-refractivity contribution in [3.8, 4) is 5.75 Å². The molecule has 1 aliphatic heterocycles. The monoisotopic (exact) mass is 290 g/mol. The van der Waals surface area contributed by atoms with Crippen LogP contribution in [0.3, 0.4) is 0 Å². The molecule has 0 aromatic heterocycles. The van der Waals surface area contributed by atoms with E-state index in [-0.39, 0.29) is 6.04 Å². The number of benzene rings is 1. The lowest BCUT2D eigenvalue weighted by Crippen LogP contribution is -2.24. The van der Waals surface area contributed by atoms with Gasteiger partial charge >= 0.3 is 0 Å². The van der Waals surface area contributed by atoms with Crippen LogP contribution in [-0.2, 0) is 0 Å². The van der Waals surface area contributed by atoms with E-state index < -0.39 is 0 Å². The lowest BCUT2D eigenvalue weighted by Gasteiger charge is -2.24. The summed E-state index contributed by atoms with van der Waals surface area (Å²) in [6, 6.07) is 6.32. The van der Waals surface area contributed by atoms with Gasteiger partial charge in [-0.3, -0.25) is 0 Å². The molecule has 0 bridgehead atoms. The third kappa shape index (κ3) is 4.13. The lowest BCUT2D eigenvalue weighted by molar-refractivity contribution is 0.435. The average Bonchev–Trinajstić information content (AvgIpc) is 2.72. The van der Waals surface area contributed by atoms with Crippen molar-refractivity contribution in [3.63, 3.8) is 0 Å². The Bertz CT molecular complexity index is 447. The van der Waals surface area contributed by atoms with Crippen molar-refractivity contribution in [3.05, 3.63) is 23.8 Å². The molecular weight excluding hydrogens is 260 g/mol. The van der Waals surface area contributed by atoms with Gasteiger partial charge in [0.05, 0.1) is 0 Å². The Labute approximate surface area is 129 Å². The molecule has 2 rings (SSSR count). The summed E-state index contributed by atoms with van der Waals surface area (Å²) < 4.78 is 0. The summed E-state index contributed by atoms with van der Waals surface area (Å²) in [4.78, 5) is 2.43. The summed E-state index contributed by atoms with van der Waals surface area (Å²) in [5.41, 5.74) is 2.14. The second-order valence-electron chi connectivity index (χ2n) is 6.33. The van der Waals surface area contributed by atoms with Gasteiger partial charge in [-0.1, -0.05) is 25.8 Å². The first kappa shape index (κ1) is 16.2. The van der Waals surface area contributed by atoms with Crippen molar-refractivity contribution in [1.29, 1.82) is 0 Å². The summed E-state index contributed by atoms with van der Waals surface area (Å²) in [6.07, 6.45) is 6.55. The molecule has 1 aliphatic rings. The van der Waals surface area contributed by atoms with Crippen LogP contribution in [0.5, 0.6) is 5.75 Å². The second kappa shape index (κ2) is 7.69. The van der Waals surface area contributed by atoms with Crippen molar-refractivity contribution < 1.29 is 5.11 Å². The third-order valence-corrected chi connectivity index (χ3v) is 4.82. The largest absolute Gasteiger partial charge is 0.508 e. The Morgan fingerprint density at radius 3 is 2.81 bits per heavy atom. The summed E-state index contributed by atoms with van der Waals surface area (Å²) in [7, 11) is 1.92. The molecule has 1 saturated heterocycles. The normalized spacial score (nSPS) is 21.1. The maximum atomic E-state index is 10.3. The molecule has 2 atom stereocenters. The number of anilines is 1. The molecule has 2 unspecified atom stereocenters. The molecule has 2 N–H and O–H groups in total. The fraction of sp³-hybridized carbons (Fsp3) is 0.667. The van der Waals surface area contributed by atoms with Gasteiger partial charge in [0.25, 0.3) is 0 Å². The van der Waals surface area contributed by atoms with Crippen molar-refractivity contribution in [2.75, 3.05) is 25.0 Å². The molecule has 3 heteroatoms. The summed E-state index contributed by atoms with van der Waals surface area (Å²) >= 11 is 0. The van der Waals surface area contributed by atoms with E-state index in [0.717, 1.165) is 30.3 Å². The zero-order chi connectivity index (χ0) is 15.2. The van der Waals surface area contributed by atoms with Crippen LogP contribution in [0.2, 0.25) is 0 Å². The van der Waals surface area contributed by atoms with Crippen molar-refractivity contribution in [2.45, 2.75) is 52.0 Å². The fourth-order valence-electron chi connectivity index (χ4n) is 3.37. The number of nitrogens with zero attached hydrogens (tertiary/aromatic N) is 1. The highest BCUT2D eigenvalue weighted by Crippen LogP contribution is 2.31.